The molecule has 0 heterocycles. The van der Waals surface area contributed by atoms with Gasteiger partial charge in [-0.2, -0.15) is 0 Å². The molecule has 128 valence electrons. The SMILES string of the molecule is CC(OC(=O)c1cc(S(N)(=O)=O)ccc1F)C(=O)NC(C)(C)C. The third kappa shape index (κ3) is 5.61. The van der Waals surface area contributed by atoms with Crippen LogP contribution in [0.25, 0.3) is 0 Å². The normalized spacial score (nSPS) is 13.3. The molecule has 1 aromatic carbocycles. The van der Waals surface area contributed by atoms with Gasteiger partial charge in [0, 0.05) is 5.54 Å². The molecular weight excluding hydrogens is 327 g/mol. The van der Waals surface area contributed by atoms with Crippen molar-refractivity contribution >= 4 is 21.9 Å². The van der Waals surface area contributed by atoms with Gasteiger partial charge in [-0.05, 0) is 45.9 Å². The number of amides is 1. The summed E-state index contributed by atoms with van der Waals surface area (Å²) in [6, 6.07) is 2.48. The molecule has 0 saturated carbocycles. The number of carbonyl (C=O) groups excluding carboxylic acids is 2. The topological polar surface area (TPSA) is 116 Å². The number of hydrogen-bond donors (Lipinski definition) is 2. The van der Waals surface area contributed by atoms with Crippen LogP contribution in [0.1, 0.15) is 38.1 Å². The molecule has 3 N–H and O–H groups in total. The van der Waals surface area contributed by atoms with Crippen LogP contribution < -0.4 is 10.5 Å². The number of ether oxygens (including phenoxy) is 1. The van der Waals surface area contributed by atoms with Gasteiger partial charge in [-0.1, -0.05) is 0 Å². The van der Waals surface area contributed by atoms with Crippen molar-refractivity contribution in [3.63, 3.8) is 0 Å². The summed E-state index contributed by atoms with van der Waals surface area (Å²) in [4.78, 5) is 23.4. The Morgan fingerprint density at radius 1 is 1.30 bits per heavy atom. The highest BCUT2D eigenvalue weighted by Crippen LogP contribution is 2.16. The zero-order valence-corrected chi connectivity index (χ0v) is 14.0. The van der Waals surface area contributed by atoms with Crippen molar-refractivity contribution in [2.45, 2.75) is 44.2 Å². The lowest BCUT2D eigenvalue weighted by Crippen LogP contribution is -2.46. The molecule has 9 heteroatoms. The molecule has 0 radical (unpaired) electrons. The van der Waals surface area contributed by atoms with E-state index in [4.69, 9.17) is 9.88 Å². The molecule has 1 amide bonds. The maximum absolute atomic E-state index is 13.7. The van der Waals surface area contributed by atoms with Crippen molar-refractivity contribution in [1.29, 1.82) is 0 Å². The lowest BCUT2D eigenvalue weighted by Gasteiger charge is -2.23. The zero-order valence-electron chi connectivity index (χ0n) is 13.2. The molecule has 0 aliphatic heterocycles. The van der Waals surface area contributed by atoms with Gasteiger partial charge in [-0.3, -0.25) is 4.79 Å². The molecule has 1 aromatic rings. The first kappa shape index (κ1) is 19.0. The Morgan fingerprint density at radius 2 is 1.87 bits per heavy atom. The highest BCUT2D eigenvalue weighted by molar-refractivity contribution is 7.89. The van der Waals surface area contributed by atoms with Crippen molar-refractivity contribution in [3.8, 4) is 0 Å². The summed E-state index contributed by atoms with van der Waals surface area (Å²) in [6.07, 6.45) is -1.18. The van der Waals surface area contributed by atoms with E-state index in [1.54, 1.807) is 20.8 Å². The fraction of sp³-hybridized carbons (Fsp3) is 0.429. The third-order valence-electron chi connectivity index (χ3n) is 2.64. The molecule has 0 fully saturated rings. The number of sulfonamides is 1. The van der Waals surface area contributed by atoms with Crippen LogP contribution in [0.2, 0.25) is 0 Å². The first-order valence-electron chi connectivity index (χ1n) is 6.66. The van der Waals surface area contributed by atoms with Crippen LogP contribution in [-0.2, 0) is 19.6 Å². The van der Waals surface area contributed by atoms with Gasteiger partial charge in [0.25, 0.3) is 5.91 Å². The lowest BCUT2D eigenvalue weighted by atomic mass is 10.1. The maximum atomic E-state index is 13.7. The molecule has 1 rings (SSSR count). The molecular formula is C14H19FN2O5S. The van der Waals surface area contributed by atoms with E-state index in [0.29, 0.717) is 0 Å². The molecule has 1 unspecified atom stereocenters. The number of halogens is 1. The van der Waals surface area contributed by atoms with Gasteiger partial charge in [-0.25, -0.2) is 22.7 Å². The van der Waals surface area contributed by atoms with Gasteiger partial charge < -0.3 is 10.1 Å². The maximum Gasteiger partial charge on any atom is 0.341 e. The molecule has 0 aliphatic rings. The fourth-order valence-corrected chi connectivity index (χ4v) is 2.13. The minimum atomic E-state index is -4.10. The Balaban J connectivity index is 2.96. The summed E-state index contributed by atoms with van der Waals surface area (Å²) in [5.74, 6) is -2.70. The summed E-state index contributed by atoms with van der Waals surface area (Å²) in [7, 11) is -4.10. The number of primary sulfonamides is 1. The van der Waals surface area contributed by atoms with E-state index in [0.717, 1.165) is 18.2 Å². The van der Waals surface area contributed by atoms with Gasteiger partial charge >= 0.3 is 5.97 Å². The summed E-state index contributed by atoms with van der Waals surface area (Å²) < 4.78 is 41.1. The van der Waals surface area contributed by atoms with E-state index >= 15 is 0 Å². The van der Waals surface area contributed by atoms with Crippen LogP contribution in [0.4, 0.5) is 4.39 Å². The predicted octanol–water partition coefficient (Wildman–Crippen LogP) is 0.933. The van der Waals surface area contributed by atoms with E-state index in [1.165, 1.54) is 6.92 Å². The molecule has 7 nitrogen and oxygen atoms in total. The van der Waals surface area contributed by atoms with Crippen LogP contribution in [0.15, 0.2) is 23.1 Å². The Bertz CT molecular complexity index is 725. The van der Waals surface area contributed by atoms with E-state index in [-0.39, 0.29) is 0 Å². The predicted molar refractivity (Wildman–Crippen MR) is 80.5 cm³/mol. The number of benzene rings is 1. The van der Waals surface area contributed by atoms with Crippen LogP contribution in [0.5, 0.6) is 0 Å². The van der Waals surface area contributed by atoms with Crippen LogP contribution in [0, 0.1) is 5.82 Å². The average Bonchev–Trinajstić information content (AvgIpc) is 2.35. The Kier molecular flexibility index (Phi) is 5.49. The van der Waals surface area contributed by atoms with Crippen molar-refractivity contribution in [3.05, 3.63) is 29.6 Å². The second-order valence-electron chi connectivity index (χ2n) is 5.97. The van der Waals surface area contributed by atoms with Crippen molar-refractivity contribution in [2.24, 2.45) is 5.14 Å². The zero-order chi connectivity index (χ0) is 18.0. The molecule has 0 bridgehead atoms. The second-order valence-corrected chi connectivity index (χ2v) is 7.53. The van der Waals surface area contributed by atoms with Crippen LogP contribution in [0.3, 0.4) is 0 Å². The quantitative estimate of drug-likeness (QED) is 0.787. The fourth-order valence-electron chi connectivity index (χ4n) is 1.59. The highest BCUT2D eigenvalue weighted by atomic mass is 32.2. The van der Waals surface area contributed by atoms with Crippen molar-refractivity contribution in [2.75, 3.05) is 0 Å². The molecule has 1 atom stereocenters. The Morgan fingerprint density at radius 3 is 2.35 bits per heavy atom. The van der Waals surface area contributed by atoms with Crippen molar-refractivity contribution in [1.82, 2.24) is 5.32 Å². The first-order chi connectivity index (χ1) is 10.3. The summed E-state index contributed by atoms with van der Waals surface area (Å²) >= 11 is 0. The summed E-state index contributed by atoms with van der Waals surface area (Å²) in [5, 5.41) is 7.53. The standard InChI is InChI=1S/C14H19FN2O5S/c1-8(12(18)17-14(2,3)4)22-13(19)10-7-9(23(16,20)21)5-6-11(10)15/h5-8H,1-4H3,(H,17,18)(H2,16,20,21). The molecule has 0 aliphatic carbocycles. The van der Waals surface area contributed by atoms with Crippen LogP contribution >= 0.6 is 0 Å². The minimum absolute atomic E-state index is 0.433. The van der Waals surface area contributed by atoms with E-state index in [2.05, 4.69) is 5.32 Å². The number of nitrogens with two attached hydrogens (primary N) is 1. The summed E-state index contributed by atoms with van der Waals surface area (Å²) in [6.45, 7) is 6.55. The molecule has 0 spiro atoms. The molecule has 23 heavy (non-hydrogen) atoms. The second kappa shape index (κ2) is 6.63. The van der Waals surface area contributed by atoms with Gasteiger partial charge in [0.05, 0.1) is 10.5 Å². The highest BCUT2D eigenvalue weighted by Gasteiger charge is 2.25. The van der Waals surface area contributed by atoms with E-state index in [9.17, 15) is 22.4 Å². The number of carbonyl (C=O) groups is 2. The van der Waals surface area contributed by atoms with Crippen molar-refractivity contribution < 1.29 is 27.1 Å². The van der Waals surface area contributed by atoms with Gasteiger partial charge in [0.1, 0.15) is 5.82 Å². The lowest BCUT2D eigenvalue weighted by molar-refractivity contribution is -0.130. The monoisotopic (exact) mass is 346 g/mol. The Hall–Kier alpha value is -2.00. The van der Waals surface area contributed by atoms with Gasteiger partial charge in [0.15, 0.2) is 6.10 Å². The third-order valence-corrected chi connectivity index (χ3v) is 3.55. The smallest absolute Gasteiger partial charge is 0.341 e. The van der Waals surface area contributed by atoms with Gasteiger partial charge in [0.2, 0.25) is 10.0 Å². The molecule has 0 saturated heterocycles. The van der Waals surface area contributed by atoms with E-state index < -0.39 is 49.8 Å². The largest absolute Gasteiger partial charge is 0.449 e. The number of hydrogen-bond acceptors (Lipinski definition) is 5. The van der Waals surface area contributed by atoms with E-state index in [1.807, 2.05) is 0 Å². The first-order valence-corrected chi connectivity index (χ1v) is 8.21. The number of esters is 1. The minimum Gasteiger partial charge on any atom is -0.449 e. The summed E-state index contributed by atoms with van der Waals surface area (Å²) in [5.41, 5.74) is -1.15. The molecule has 0 aromatic heterocycles. The number of rotatable bonds is 4. The van der Waals surface area contributed by atoms with Crippen LogP contribution in [-0.4, -0.2) is 31.9 Å². The van der Waals surface area contributed by atoms with Gasteiger partial charge in [-0.15, -0.1) is 0 Å². The number of nitrogens with one attached hydrogen (secondary N) is 1. The average molecular weight is 346 g/mol. The Labute approximate surface area is 134 Å².